The van der Waals surface area contributed by atoms with Crippen molar-refractivity contribution in [2.75, 3.05) is 13.1 Å². The maximum absolute atomic E-state index is 11.4. The van der Waals surface area contributed by atoms with Gasteiger partial charge in [0.05, 0.1) is 23.0 Å². The van der Waals surface area contributed by atoms with Crippen LogP contribution in [0.1, 0.15) is 13.8 Å². The lowest BCUT2D eigenvalue weighted by atomic mass is 10.3. The van der Waals surface area contributed by atoms with Crippen molar-refractivity contribution in [3.8, 4) is 5.75 Å². The Bertz CT molecular complexity index is 428. The number of hydrogen-bond acceptors (Lipinski definition) is 5. The molecule has 8 heteroatoms. The van der Waals surface area contributed by atoms with Crippen LogP contribution >= 0.6 is 0 Å². The highest BCUT2D eigenvalue weighted by molar-refractivity contribution is 5.35. The van der Waals surface area contributed by atoms with Crippen LogP contribution < -0.4 is 4.84 Å². The lowest BCUT2D eigenvalue weighted by Crippen LogP contribution is -2.30. The monoisotopic (exact) mass is 254 g/mol. The summed E-state index contributed by atoms with van der Waals surface area (Å²) < 4.78 is 0. The van der Waals surface area contributed by atoms with E-state index in [1.54, 1.807) is 0 Å². The van der Waals surface area contributed by atoms with Gasteiger partial charge in [0, 0.05) is 12.1 Å². The molecule has 0 atom stereocenters. The van der Waals surface area contributed by atoms with Gasteiger partial charge in [-0.1, -0.05) is 0 Å². The summed E-state index contributed by atoms with van der Waals surface area (Å²) >= 11 is 0. The quantitative estimate of drug-likeness (QED) is 0.335. The molecule has 0 saturated carbocycles. The van der Waals surface area contributed by atoms with Crippen molar-refractivity contribution >= 4 is 5.69 Å². The highest BCUT2D eigenvalue weighted by Crippen LogP contribution is 2.17. The van der Waals surface area contributed by atoms with Gasteiger partial charge < -0.3 is 10.0 Å². The normalized spacial score (nSPS) is 11.1. The van der Waals surface area contributed by atoms with E-state index in [0.717, 1.165) is 0 Å². The molecule has 0 bridgehead atoms. The molecule has 0 aliphatic heterocycles. The minimum absolute atomic E-state index is 0.0509. The molecule has 0 saturated heterocycles. The third-order valence-electron chi connectivity index (χ3n) is 2.24. The highest BCUT2D eigenvalue weighted by Gasteiger charge is 2.08. The molecule has 1 aromatic carbocycles. The van der Waals surface area contributed by atoms with Gasteiger partial charge in [-0.05, 0) is 26.0 Å². The fourth-order valence-corrected chi connectivity index (χ4v) is 1.23. The molecular formula is C10H14N4O4. The van der Waals surface area contributed by atoms with Crippen molar-refractivity contribution in [1.29, 1.82) is 0 Å². The van der Waals surface area contributed by atoms with Crippen molar-refractivity contribution in [2.24, 2.45) is 5.28 Å². The van der Waals surface area contributed by atoms with E-state index in [1.807, 2.05) is 13.8 Å². The van der Waals surface area contributed by atoms with Crippen LogP contribution in [0.25, 0.3) is 0 Å². The summed E-state index contributed by atoms with van der Waals surface area (Å²) in [4.78, 5) is 15.1. The molecule has 0 heterocycles. The summed E-state index contributed by atoms with van der Waals surface area (Å²) in [5, 5.41) is 26.6. The molecule has 1 aromatic rings. The van der Waals surface area contributed by atoms with Crippen LogP contribution in [0.2, 0.25) is 0 Å². The molecular weight excluding hydrogens is 240 g/mol. The van der Waals surface area contributed by atoms with Crippen LogP contribution in [-0.4, -0.2) is 28.0 Å². The molecule has 0 aliphatic carbocycles. The van der Waals surface area contributed by atoms with E-state index >= 15 is 0 Å². The second-order valence-corrected chi connectivity index (χ2v) is 3.32. The van der Waals surface area contributed by atoms with Gasteiger partial charge in [-0.15, -0.1) is 5.01 Å². The summed E-state index contributed by atoms with van der Waals surface area (Å²) in [6, 6.07) is 5.30. The van der Waals surface area contributed by atoms with Gasteiger partial charge in [0.25, 0.3) is 5.69 Å². The Hall–Kier alpha value is -2.38. The number of nitro benzene ring substituents is 1. The first-order valence-electron chi connectivity index (χ1n) is 5.43. The molecule has 98 valence electrons. The summed E-state index contributed by atoms with van der Waals surface area (Å²) in [6.07, 6.45) is 0. The Kier molecular flexibility index (Phi) is 4.85. The molecule has 0 unspecified atom stereocenters. The van der Waals surface area contributed by atoms with Gasteiger partial charge in [-0.3, -0.25) is 10.1 Å². The number of non-ortho nitro benzene ring substituents is 1. The van der Waals surface area contributed by atoms with Gasteiger partial charge in [0.15, 0.2) is 5.75 Å². The second-order valence-electron chi connectivity index (χ2n) is 3.32. The SMILES string of the molecule is CCN(CC)/[N+]([O-])=N\Oc1ccc([N+](=O)[O-])cc1. The standard InChI is InChI=1S/C10H14N4O4/c1-3-12(4-2)14(17)11-18-10-7-5-9(6-8-10)13(15)16/h5-8H,3-4H2,1-2H3/b14-11+. The van der Waals surface area contributed by atoms with Crippen LogP contribution in [0.3, 0.4) is 0 Å². The summed E-state index contributed by atoms with van der Waals surface area (Å²) in [7, 11) is 0. The maximum atomic E-state index is 11.4. The summed E-state index contributed by atoms with van der Waals surface area (Å²) in [5.41, 5.74) is -0.0509. The van der Waals surface area contributed by atoms with Crippen molar-refractivity contribution in [1.82, 2.24) is 5.01 Å². The Morgan fingerprint density at radius 2 is 1.78 bits per heavy atom. The lowest BCUT2D eigenvalue weighted by molar-refractivity contribution is -0.706. The smallest absolute Gasteiger partial charge is 0.269 e. The van der Waals surface area contributed by atoms with Crippen molar-refractivity contribution in [3.63, 3.8) is 0 Å². The molecule has 18 heavy (non-hydrogen) atoms. The zero-order chi connectivity index (χ0) is 13.5. The molecule has 0 fully saturated rings. The first-order chi connectivity index (χ1) is 8.58. The molecule has 0 N–H and O–H groups in total. The van der Waals surface area contributed by atoms with Crippen LogP contribution in [0.4, 0.5) is 5.69 Å². The zero-order valence-corrected chi connectivity index (χ0v) is 10.1. The predicted octanol–water partition coefficient (Wildman–Crippen LogP) is 2.11. The van der Waals surface area contributed by atoms with Gasteiger partial charge in [-0.2, -0.15) is 0 Å². The predicted molar refractivity (Wildman–Crippen MR) is 62.7 cm³/mol. The van der Waals surface area contributed by atoms with E-state index in [0.29, 0.717) is 18.1 Å². The molecule has 1 rings (SSSR count). The van der Waals surface area contributed by atoms with Crippen LogP contribution in [0.15, 0.2) is 29.5 Å². The number of hydrazine groups is 1. The number of nitrogens with zero attached hydrogens (tertiary/aromatic N) is 4. The Labute approximate surface area is 104 Å². The van der Waals surface area contributed by atoms with Gasteiger partial charge in [0.2, 0.25) is 5.28 Å². The topological polar surface area (TPSA) is 94.0 Å². The number of rotatable bonds is 6. The third kappa shape index (κ3) is 3.58. The third-order valence-corrected chi connectivity index (χ3v) is 2.24. The lowest BCUT2D eigenvalue weighted by Gasteiger charge is -2.13. The highest BCUT2D eigenvalue weighted by atomic mass is 16.7. The van der Waals surface area contributed by atoms with Crippen molar-refractivity contribution in [2.45, 2.75) is 13.8 Å². The molecule has 0 radical (unpaired) electrons. The fourth-order valence-electron chi connectivity index (χ4n) is 1.23. The van der Waals surface area contributed by atoms with Gasteiger partial charge in [-0.25, -0.2) is 0 Å². The van der Waals surface area contributed by atoms with Gasteiger partial charge in [0.1, 0.15) is 0 Å². The van der Waals surface area contributed by atoms with E-state index in [-0.39, 0.29) is 11.4 Å². The van der Waals surface area contributed by atoms with E-state index < -0.39 is 4.92 Å². The maximum Gasteiger partial charge on any atom is 0.269 e. The summed E-state index contributed by atoms with van der Waals surface area (Å²) in [5.74, 6) is 0.258. The van der Waals surface area contributed by atoms with Crippen LogP contribution in [0, 0.1) is 15.3 Å². The first kappa shape index (κ1) is 13.7. The molecule has 0 aliphatic rings. The average molecular weight is 254 g/mol. The zero-order valence-electron chi connectivity index (χ0n) is 10.1. The molecule has 0 amide bonds. The Morgan fingerprint density at radius 1 is 1.22 bits per heavy atom. The Balaban J connectivity index is 2.68. The number of benzene rings is 1. The van der Waals surface area contributed by atoms with E-state index in [4.69, 9.17) is 4.84 Å². The fraction of sp³-hybridized carbons (Fsp3) is 0.400. The van der Waals surface area contributed by atoms with E-state index in [2.05, 4.69) is 5.28 Å². The molecule has 8 nitrogen and oxygen atoms in total. The first-order valence-corrected chi connectivity index (χ1v) is 5.43. The molecule has 0 spiro atoms. The van der Waals surface area contributed by atoms with Gasteiger partial charge >= 0.3 is 0 Å². The minimum atomic E-state index is -0.517. The minimum Gasteiger partial charge on any atom is -0.569 e. The van der Waals surface area contributed by atoms with Crippen molar-refractivity contribution in [3.05, 3.63) is 39.6 Å². The van der Waals surface area contributed by atoms with E-state index in [1.165, 1.54) is 29.3 Å². The molecule has 0 aromatic heterocycles. The van der Waals surface area contributed by atoms with Crippen molar-refractivity contribution < 1.29 is 14.7 Å². The largest absolute Gasteiger partial charge is 0.569 e. The average Bonchev–Trinajstić information content (AvgIpc) is 2.38. The van der Waals surface area contributed by atoms with Crippen LogP contribution in [0.5, 0.6) is 5.75 Å². The van der Waals surface area contributed by atoms with E-state index in [9.17, 15) is 15.3 Å². The summed E-state index contributed by atoms with van der Waals surface area (Å²) in [6.45, 7) is 4.64. The van der Waals surface area contributed by atoms with Crippen LogP contribution in [-0.2, 0) is 0 Å². The number of nitro groups is 1. The Morgan fingerprint density at radius 3 is 2.22 bits per heavy atom. The second kappa shape index (κ2) is 6.38. The number of hydrogen-bond donors (Lipinski definition) is 0.